The highest BCUT2D eigenvalue weighted by molar-refractivity contribution is 6.59. The average Bonchev–Trinajstić information content (AvgIpc) is 3.25. The number of nitrogens with zero attached hydrogens (tertiary/aromatic N) is 1. The Kier molecular flexibility index (Phi) is 7.05. The molecule has 5 aromatic rings. The first kappa shape index (κ1) is 28.6. The van der Waals surface area contributed by atoms with Crippen LogP contribution in [-0.4, -0.2) is 23.2 Å². The largest absolute Gasteiger partial charge is 0.416 e. The molecule has 0 saturated heterocycles. The van der Waals surface area contributed by atoms with E-state index in [0.29, 0.717) is 17.5 Å². The molecule has 0 heterocycles. The molecule has 1 aliphatic rings. The SMILES string of the molecule is CC(C)(C)c1ccc(-c2ccc3c4c(ccc(-c5ccc(CCO)cc5)c24)/C(=N\c2ccc(C(F)(F)F)cc2)C3=O)cc1. The molecule has 0 spiro atoms. The van der Waals surface area contributed by atoms with E-state index in [0.717, 1.165) is 50.7 Å². The molecule has 0 atom stereocenters. The first-order chi connectivity index (χ1) is 20.5. The van der Waals surface area contributed by atoms with E-state index in [1.165, 1.54) is 17.7 Å². The molecular formula is C37H30F3NO2. The monoisotopic (exact) mass is 577 g/mol. The zero-order valence-electron chi connectivity index (χ0n) is 24.1. The number of carbonyl (C=O) groups is 1. The summed E-state index contributed by atoms with van der Waals surface area (Å²) in [7, 11) is 0. The Morgan fingerprint density at radius 1 is 0.628 bits per heavy atom. The van der Waals surface area contributed by atoms with Crippen LogP contribution < -0.4 is 0 Å². The lowest BCUT2D eigenvalue weighted by atomic mass is 9.85. The van der Waals surface area contributed by atoms with Gasteiger partial charge >= 0.3 is 6.18 Å². The number of Topliss-reactive ketones (excluding diaryl/α,β-unsaturated/α-hetero) is 1. The Morgan fingerprint density at radius 2 is 1.12 bits per heavy atom. The fraction of sp³-hybridized carbons (Fsp3) is 0.189. The minimum absolute atomic E-state index is 0.00188. The first-order valence-corrected chi connectivity index (χ1v) is 14.2. The van der Waals surface area contributed by atoms with Crippen LogP contribution in [-0.2, 0) is 18.0 Å². The number of aliphatic hydroxyl groups excluding tert-OH is 1. The molecule has 6 rings (SSSR count). The number of ketones is 1. The minimum Gasteiger partial charge on any atom is -0.396 e. The van der Waals surface area contributed by atoms with Crippen LogP contribution in [0.4, 0.5) is 18.9 Å². The summed E-state index contributed by atoms with van der Waals surface area (Å²) in [6.45, 7) is 6.58. The molecule has 6 heteroatoms. The number of benzene rings is 5. The van der Waals surface area contributed by atoms with Crippen molar-refractivity contribution in [2.24, 2.45) is 4.99 Å². The van der Waals surface area contributed by atoms with Crippen molar-refractivity contribution in [3.05, 3.63) is 125 Å². The summed E-state index contributed by atoms with van der Waals surface area (Å²) in [6.07, 6.45) is -3.89. The van der Waals surface area contributed by atoms with Gasteiger partial charge in [0.2, 0.25) is 5.78 Å². The zero-order chi connectivity index (χ0) is 30.5. The van der Waals surface area contributed by atoms with Gasteiger partial charge in [0.15, 0.2) is 0 Å². The van der Waals surface area contributed by atoms with Gasteiger partial charge in [0.1, 0.15) is 5.71 Å². The van der Waals surface area contributed by atoms with Crippen LogP contribution in [0, 0.1) is 0 Å². The lowest BCUT2D eigenvalue weighted by Crippen LogP contribution is -2.10. The number of hydrogen-bond donors (Lipinski definition) is 1. The maximum atomic E-state index is 13.7. The Morgan fingerprint density at radius 3 is 1.65 bits per heavy atom. The molecule has 1 N–H and O–H groups in total. The predicted octanol–water partition coefficient (Wildman–Crippen LogP) is 9.34. The van der Waals surface area contributed by atoms with Crippen molar-refractivity contribution < 1.29 is 23.1 Å². The normalized spacial score (nSPS) is 14.2. The van der Waals surface area contributed by atoms with Crippen molar-refractivity contribution in [3.63, 3.8) is 0 Å². The third-order valence-electron chi connectivity index (χ3n) is 8.04. The molecule has 0 amide bonds. The number of aliphatic hydroxyl groups is 1. The zero-order valence-corrected chi connectivity index (χ0v) is 24.1. The summed E-state index contributed by atoms with van der Waals surface area (Å²) in [5.41, 5.74) is 7.04. The second kappa shape index (κ2) is 10.6. The van der Waals surface area contributed by atoms with Gasteiger partial charge in [0.25, 0.3) is 0 Å². The summed E-state index contributed by atoms with van der Waals surface area (Å²) in [5, 5.41) is 11.1. The number of carbonyl (C=O) groups excluding carboxylic acids is 1. The predicted molar refractivity (Wildman–Crippen MR) is 166 cm³/mol. The van der Waals surface area contributed by atoms with Gasteiger partial charge in [-0.05, 0) is 80.9 Å². The third kappa shape index (κ3) is 5.28. The molecular weight excluding hydrogens is 547 g/mol. The third-order valence-corrected chi connectivity index (χ3v) is 8.04. The van der Waals surface area contributed by atoms with E-state index in [1.54, 1.807) is 0 Å². The van der Waals surface area contributed by atoms with Crippen LogP contribution in [0.3, 0.4) is 0 Å². The molecule has 1 aliphatic carbocycles. The van der Waals surface area contributed by atoms with Gasteiger partial charge in [0, 0.05) is 23.1 Å². The lowest BCUT2D eigenvalue weighted by Gasteiger charge is -2.20. The summed E-state index contributed by atoms with van der Waals surface area (Å²) in [4.78, 5) is 18.3. The lowest BCUT2D eigenvalue weighted by molar-refractivity contribution is -0.137. The van der Waals surface area contributed by atoms with Gasteiger partial charge in [0.05, 0.1) is 11.3 Å². The van der Waals surface area contributed by atoms with Gasteiger partial charge < -0.3 is 5.11 Å². The Hall–Kier alpha value is -4.55. The quantitative estimate of drug-likeness (QED) is 0.226. The van der Waals surface area contributed by atoms with E-state index in [9.17, 15) is 23.1 Å². The van der Waals surface area contributed by atoms with Crippen molar-refractivity contribution in [2.75, 3.05) is 6.61 Å². The number of rotatable bonds is 5. The summed E-state index contributed by atoms with van der Waals surface area (Å²) >= 11 is 0. The van der Waals surface area contributed by atoms with Gasteiger partial charge in [-0.3, -0.25) is 4.79 Å². The molecule has 3 nitrogen and oxygen atoms in total. The van der Waals surface area contributed by atoms with Gasteiger partial charge in [-0.25, -0.2) is 4.99 Å². The highest BCUT2D eigenvalue weighted by Gasteiger charge is 2.32. The molecule has 5 aromatic carbocycles. The molecule has 0 bridgehead atoms. The standard InChI is InChI=1S/C37H30F3NO2/c1-36(2,3)25-10-8-24(9-11-25)29-17-19-31-33-30(18-16-28(32(29)33)23-6-4-22(5-7-23)20-21-42)34(35(31)43)41-27-14-12-26(13-15-27)37(38,39)40/h4-19,42H,20-21H2,1-3H3/b41-34+. The number of alkyl halides is 3. The van der Waals surface area contributed by atoms with Crippen LogP contribution in [0.5, 0.6) is 0 Å². The second-order valence-electron chi connectivity index (χ2n) is 11.9. The van der Waals surface area contributed by atoms with Crippen molar-refractivity contribution in [2.45, 2.75) is 38.8 Å². The van der Waals surface area contributed by atoms with Crippen molar-refractivity contribution >= 4 is 28.0 Å². The molecule has 0 unspecified atom stereocenters. The van der Waals surface area contributed by atoms with E-state index in [2.05, 4.69) is 50.0 Å². The summed E-state index contributed by atoms with van der Waals surface area (Å²) in [6, 6.07) is 28.7. The minimum atomic E-state index is -4.45. The Bertz CT molecular complexity index is 1880. The maximum absolute atomic E-state index is 13.7. The molecule has 0 saturated carbocycles. The molecule has 0 aromatic heterocycles. The van der Waals surface area contributed by atoms with Gasteiger partial charge in [-0.1, -0.05) is 87.5 Å². The van der Waals surface area contributed by atoms with Crippen LogP contribution in [0.1, 0.15) is 53.4 Å². The smallest absolute Gasteiger partial charge is 0.396 e. The van der Waals surface area contributed by atoms with Crippen molar-refractivity contribution in [1.82, 2.24) is 0 Å². The van der Waals surface area contributed by atoms with E-state index in [4.69, 9.17) is 0 Å². The van der Waals surface area contributed by atoms with E-state index in [-0.39, 0.29) is 29.2 Å². The number of halogens is 3. The number of aliphatic imine (C=N–C) groups is 1. The molecule has 216 valence electrons. The van der Waals surface area contributed by atoms with Crippen molar-refractivity contribution in [1.29, 1.82) is 0 Å². The summed E-state index contributed by atoms with van der Waals surface area (Å²) in [5.74, 6) is -0.259. The molecule has 0 radical (unpaired) electrons. The number of hydrogen-bond acceptors (Lipinski definition) is 3. The van der Waals surface area contributed by atoms with Crippen LogP contribution >= 0.6 is 0 Å². The van der Waals surface area contributed by atoms with Gasteiger partial charge in [-0.15, -0.1) is 0 Å². The fourth-order valence-corrected chi connectivity index (χ4v) is 5.71. The van der Waals surface area contributed by atoms with Crippen LogP contribution in [0.15, 0.2) is 102 Å². The fourth-order valence-electron chi connectivity index (χ4n) is 5.71. The van der Waals surface area contributed by atoms with Gasteiger partial charge in [-0.2, -0.15) is 13.2 Å². The van der Waals surface area contributed by atoms with E-state index < -0.39 is 11.7 Å². The second-order valence-corrected chi connectivity index (χ2v) is 11.9. The van der Waals surface area contributed by atoms with Crippen LogP contribution in [0.25, 0.3) is 33.0 Å². The van der Waals surface area contributed by atoms with E-state index >= 15 is 0 Å². The molecule has 0 aliphatic heterocycles. The topological polar surface area (TPSA) is 49.7 Å². The summed E-state index contributed by atoms with van der Waals surface area (Å²) < 4.78 is 39.3. The Labute approximate surface area is 248 Å². The highest BCUT2D eigenvalue weighted by atomic mass is 19.4. The molecule has 0 fully saturated rings. The maximum Gasteiger partial charge on any atom is 0.416 e. The van der Waals surface area contributed by atoms with E-state index in [1.807, 2.05) is 48.5 Å². The highest BCUT2D eigenvalue weighted by Crippen LogP contribution is 2.44. The molecule has 43 heavy (non-hydrogen) atoms. The average molecular weight is 578 g/mol. The first-order valence-electron chi connectivity index (χ1n) is 14.2. The van der Waals surface area contributed by atoms with Crippen molar-refractivity contribution in [3.8, 4) is 22.3 Å². The van der Waals surface area contributed by atoms with Crippen LogP contribution in [0.2, 0.25) is 0 Å². The Balaban J connectivity index is 1.56.